The summed E-state index contributed by atoms with van der Waals surface area (Å²) in [5.74, 6) is -0.0305. The first-order chi connectivity index (χ1) is 16.5. The largest absolute Gasteiger partial charge is 0.489 e. The van der Waals surface area contributed by atoms with E-state index in [2.05, 4.69) is 4.90 Å². The summed E-state index contributed by atoms with van der Waals surface area (Å²) < 4.78 is 45.7. The third-order valence-electron chi connectivity index (χ3n) is 7.55. The fourth-order valence-electron chi connectivity index (χ4n) is 4.51. The quantitative estimate of drug-likeness (QED) is 0.573. The third kappa shape index (κ3) is 6.42. The predicted molar refractivity (Wildman–Crippen MR) is 133 cm³/mol. The topological polar surface area (TPSA) is 51.2 Å². The molecule has 190 valence electrons. The molecule has 4 rings (SSSR count). The zero-order chi connectivity index (χ0) is 25.2. The van der Waals surface area contributed by atoms with Crippen LogP contribution in [0, 0.1) is 11.6 Å². The molecule has 1 N–H and O–H groups in total. The summed E-state index contributed by atoms with van der Waals surface area (Å²) in [7, 11) is 0.413. The van der Waals surface area contributed by atoms with Gasteiger partial charge in [0.2, 0.25) is 0 Å². The van der Waals surface area contributed by atoms with Gasteiger partial charge in [-0.3, -0.25) is 4.90 Å². The molecule has 2 heterocycles. The van der Waals surface area contributed by atoms with E-state index in [9.17, 15) is 13.9 Å². The van der Waals surface area contributed by atoms with Gasteiger partial charge in [0.05, 0.1) is 23.9 Å². The standard InChI is InChI=1S/C27H36BF2NO4/c1-26(2,32)27(3,4)35-28-18-5-9-21(10-6-18)34-22-13-14-31(16-22)20-8-12-25(33-17-20)23-15-19(29)7-11-24(23)30/h5-7,9-11,15,20,22,25,28,32H,8,12-14,16-17H2,1-4H3/t20-,22+,25-/m0/s1. The molecule has 35 heavy (non-hydrogen) atoms. The molecule has 0 radical (unpaired) electrons. The first kappa shape index (κ1) is 26.1. The van der Waals surface area contributed by atoms with Gasteiger partial charge >= 0.3 is 7.48 Å². The van der Waals surface area contributed by atoms with Crippen molar-refractivity contribution in [1.29, 1.82) is 0 Å². The lowest BCUT2D eigenvalue weighted by atomic mass is 9.82. The average Bonchev–Trinajstić information content (AvgIpc) is 3.28. The lowest BCUT2D eigenvalue weighted by molar-refractivity contribution is -0.0893. The Morgan fingerprint density at radius 1 is 1.03 bits per heavy atom. The Kier molecular flexibility index (Phi) is 7.86. The van der Waals surface area contributed by atoms with Gasteiger partial charge in [-0.1, -0.05) is 17.6 Å². The van der Waals surface area contributed by atoms with Crippen molar-refractivity contribution in [3.05, 3.63) is 59.7 Å². The molecule has 0 amide bonds. The van der Waals surface area contributed by atoms with Gasteiger partial charge in [0, 0.05) is 24.7 Å². The highest BCUT2D eigenvalue weighted by molar-refractivity contribution is 6.47. The van der Waals surface area contributed by atoms with E-state index in [0.29, 0.717) is 26.1 Å². The van der Waals surface area contributed by atoms with Crippen molar-refractivity contribution in [2.45, 2.75) is 76.4 Å². The van der Waals surface area contributed by atoms with Gasteiger partial charge in [0.25, 0.3) is 0 Å². The maximum absolute atomic E-state index is 14.1. The molecule has 2 aromatic carbocycles. The summed E-state index contributed by atoms with van der Waals surface area (Å²) >= 11 is 0. The van der Waals surface area contributed by atoms with Crippen molar-refractivity contribution >= 4 is 12.9 Å². The van der Waals surface area contributed by atoms with E-state index in [0.717, 1.165) is 43.2 Å². The summed E-state index contributed by atoms with van der Waals surface area (Å²) in [6.07, 6.45) is 2.19. The highest BCUT2D eigenvalue weighted by atomic mass is 19.1. The normalized spacial score (nSPS) is 23.9. The highest BCUT2D eigenvalue weighted by Crippen LogP contribution is 2.33. The van der Waals surface area contributed by atoms with E-state index in [1.807, 2.05) is 38.1 Å². The molecule has 2 aliphatic rings. The van der Waals surface area contributed by atoms with Gasteiger partial charge < -0.3 is 19.2 Å². The molecular formula is C27H36BF2NO4. The minimum Gasteiger partial charge on any atom is -0.489 e. The van der Waals surface area contributed by atoms with E-state index in [1.165, 1.54) is 12.1 Å². The molecule has 0 spiro atoms. The summed E-state index contributed by atoms with van der Waals surface area (Å²) in [5.41, 5.74) is -0.274. The lowest BCUT2D eigenvalue weighted by Crippen LogP contribution is -2.49. The van der Waals surface area contributed by atoms with Crippen LogP contribution < -0.4 is 10.2 Å². The SMILES string of the molecule is CC(C)(O)C(C)(C)OBc1ccc(O[C@@H]2CCN([C@H]3CC[C@@H](c4cc(F)ccc4F)OC3)C2)cc1. The number of halogens is 2. The fraction of sp³-hybridized carbons (Fsp3) is 0.556. The van der Waals surface area contributed by atoms with Gasteiger partial charge in [0.1, 0.15) is 23.5 Å². The number of aliphatic hydroxyl groups is 1. The minimum absolute atomic E-state index is 0.101. The molecule has 0 bridgehead atoms. The van der Waals surface area contributed by atoms with Gasteiger partial charge in [-0.15, -0.1) is 0 Å². The van der Waals surface area contributed by atoms with Crippen LogP contribution in [0.3, 0.4) is 0 Å². The molecule has 5 nitrogen and oxygen atoms in total. The van der Waals surface area contributed by atoms with E-state index >= 15 is 0 Å². The van der Waals surface area contributed by atoms with Crippen LogP contribution >= 0.6 is 0 Å². The number of ether oxygens (including phenoxy) is 2. The maximum Gasteiger partial charge on any atom is 0.309 e. The van der Waals surface area contributed by atoms with Crippen LogP contribution in [0.5, 0.6) is 5.75 Å². The summed E-state index contributed by atoms with van der Waals surface area (Å²) in [4.78, 5) is 2.38. The van der Waals surface area contributed by atoms with Crippen molar-refractivity contribution in [2.75, 3.05) is 19.7 Å². The molecule has 0 aliphatic carbocycles. The van der Waals surface area contributed by atoms with Crippen molar-refractivity contribution in [3.8, 4) is 5.75 Å². The monoisotopic (exact) mass is 487 g/mol. The molecule has 0 saturated carbocycles. The maximum atomic E-state index is 14.1. The zero-order valence-electron chi connectivity index (χ0n) is 21.1. The Labute approximate surface area is 207 Å². The van der Waals surface area contributed by atoms with E-state index in [-0.39, 0.29) is 12.1 Å². The Bertz CT molecular complexity index is 988. The first-order valence-electron chi connectivity index (χ1n) is 12.4. The van der Waals surface area contributed by atoms with Crippen LogP contribution in [0.2, 0.25) is 0 Å². The summed E-state index contributed by atoms with van der Waals surface area (Å²) in [6, 6.07) is 11.7. The molecule has 0 aromatic heterocycles. The Balaban J connectivity index is 1.23. The van der Waals surface area contributed by atoms with Crippen LogP contribution in [0.4, 0.5) is 8.78 Å². The summed E-state index contributed by atoms with van der Waals surface area (Å²) in [5, 5.41) is 10.2. The molecule has 2 saturated heterocycles. The number of hydrogen-bond acceptors (Lipinski definition) is 5. The van der Waals surface area contributed by atoms with Gasteiger partial charge in [-0.25, -0.2) is 8.78 Å². The zero-order valence-corrected chi connectivity index (χ0v) is 21.1. The van der Waals surface area contributed by atoms with Crippen molar-refractivity contribution in [3.63, 3.8) is 0 Å². The smallest absolute Gasteiger partial charge is 0.309 e. The highest BCUT2D eigenvalue weighted by Gasteiger charge is 2.36. The minimum atomic E-state index is -0.940. The molecule has 8 heteroatoms. The second kappa shape index (κ2) is 10.5. The van der Waals surface area contributed by atoms with E-state index in [1.54, 1.807) is 13.8 Å². The first-order valence-corrected chi connectivity index (χ1v) is 12.4. The van der Waals surface area contributed by atoms with Gasteiger partial charge in [0.15, 0.2) is 0 Å². The molecule has 2 fully saturated rings. The van der Waals surface area contributed by atoms with Crippen LogP contribution in [0.1, 0.15) is 58.6 Å². The van der Waals surface area contributed by atoms with Crippen LogP contribution in [-0.4, -0.2) is 60.5 Å². The van der Waals surface area contributed by atoms with Gasteiger partial charge in [-0.2, -0.15) is 0 Å². The van der Waals surface area contributed by atoms with Gasteiger partial charge in [-0.05, 0) is 77.3 Å². The molecule has 2 aliphatic heterocycles. The van der Waals surface area contributed by atoms with Crippen LogP contribution in [-0.2, 0) is 9.39 Å². The Hall–Kier alpha value is -2.00. The average molecular weight is 487 g/mol. The summed E-state index contributed by atoms with van der Waals surface area (Å²) in [6.45, 7) is 9.51. The molecule has 3 atom stereocenters. The lowest BCUT2D eigenvalue weighted by Gasteiger charge is -2.37. The number of rotatable bonds is 8. The molecular weight excluding hydrogens is 451 g/mol. The number of nitrogens with zero attached hydrogens (tertiary/aromatic N) is 1. The Morgan fingerprint density at radius 3 is 2.43 bits per heavy atom. The number of benzene rings is 2. The Morgan fingerprint density at radius 2 is 1.77 bits per heavy atom. The van der Waals surface area contributed by atoms with Crippen molar-refractivity contribution in [2.24, 2.45) is 0 Å². The number of likely N-dealkylation sites (tertiary alicyclic amines) is 1. The van der Waals surface area contributed by atoms with Crippen molar-refractivity contribution in [1.82, 2.24) is 4.90 Å². The third-order valence-corrected chi connectivity index (χ3v) is 7.55. The van der Waals surface area contributed by atoms with Crippen LogP contribution in [0.15, 0.2) is 42.5 Å². The fourth-order valence-corrected chi connectivity index (χ4v) is 4.51. The van der Waals surface area contributed by atoms with Crippen LogP contribution in [0.25, 0.3) is 0 Å². The number of hydrogen-bond donors (Lipinski definition) is 1. The second-order valence-corrected chi connectivity index (χ2v) is 10.7. The van der Waals surface area contributed by atoms with Crippen molar-refractivity contribution < 1.29 is 28.0 Å². The predicted octanol–water partition coefficient (Wildman–Crippen LogP) is 3.88. The van der Waals surface area contributed by atoms with E-state index in [4.69, 9.17) is 14.1 Å². The second-order valence-electron chi connectivity index (χ2n) is 10.7. The molecule has 0 unspecified atom stereocenters. The van der Waals surface area contributed by atoms with E-state index < -0.39 is 28.9 Å². The molecule has 2 aromatic rings.